The molecule has 0 fully saturated rings. The highest BCUT2D eigenvalue weighted by Gasteiger charge is 2.01. The fourth-order valence-corrected chi connectivity index (χ4v) is 1.28. The minimum atomic E-state index is 0.468. The second-order valence-corrected chi connectivity index (χ2v) is 3.19. The van der Waals surface area contributed by atoms with Gasteiger partial charge in [-0.1, -0.05) is 36.8 Å². The quantitative estimate of drug-likeness (QED) is 0.722. The largest absolute Gasteiger partial charge is 0.310 e. The Labute approximate surface area is 74.8 Å². The van der Waals surface area contributed by atoms with Crippen LogP contribution in [0.25, 0.3) is 0 Å². The average molecular weight is 163 g/mol. The predicted molar refractivity (Wildman–Crippen MR) is 53.3 cm³/mol. The number of nitrogens with one attached hydrogen (secondary N) is 1. The van der Waals surface area contributed by atoms with Gasteiger partial charge in [-0.05, 0) is 26.0 Å². The van der Waals surface area contributed by atoms with Crippen molar-refractivity contribution in [1.29, 1.82) is 0 Å². The highest BCUT2D eigenvalue weighted by Crippen LogP contribution is 2.12. The van der Waals surface area contributed by atoms with Crippen molar-refractivity contribution >= 4 is 0 Å². The molecule has 0 bridgehead atoms. The van der Waals surface area contributed by atoms with Crippen LogP contribution < -0.4 is 5.32 Å². The first kappa shape index (κ1) is 9.27. The summed E-state index contributed by atoms with van der Waals surface area (Å²) in [6.45, 7) is 7.45. The maximum atomic E-state index is 3.38. The van der Waals surface area contributed by atoms with E-state index in [-0.39, 0.29) is 0 Å². The fraction of sp³-hybridized carbons (Fsp3) is 0.455. The monoisotopic (exact) mass is 163 g/mol. The minimum absolute atomic E-state index is 0.468. The van der Waals surface area contributed by atoms with Gasteiger partial charge in [0.15, 0.2) is 0 Å². The molecule has 0 amide bonds. The molecule has 1 aromatic rings. The van der Waals surface area contributed by atoms with Crippen molar-refractivity contribution in [3.63, 3.8) is 0 Å². The summed E-state index contributed by atoms with van der Waals surface area (Å²) in [4.78, 5) is 0. The summed E-state index contributed by atoms with van der Waals surface area (Å²) < 4.78 is 0. The van der Waals surface area contributed by atoms with Gasteiger partial charge in [0, 0.05) is 6.04 Å². The molecule has 0 aromatic heterocycles. The lowest BCUT2D eigenvalue weighted by atomic mass is 10.1. The van der Waals surface area contributed by atoms with E-state index in [1.54, 1.807) is 0 Å². The topological polar surface area (TPSA) is 12.0 Å². The molecule has 1 N–H and O–H groups in total. The number of hydrogen-bond donors (Lipinski definition) is 1. The van der Waals surface area contributed by atoms with Gasteiger partial charge in [0.25, 0.3) is 0 Å². The highest BCUT2D eigenvalue weighted by molar-refractivity contribution is 5.23. The first-order chi connectivity index (χ1) is 5.74. The lowest BCUT2D eigenvalue weighted by Gasteiger charge is -2.12. The second-order valence-electron chi connectivity index (χ2n) is 3.19. The van der Waals surface area contributed by atoms with Crippen LogP contribution in [0.5, 0.6) is 0 Å². The van der Waals surface area contributed by atoms with E-state index in [0.29, 0.717) is 6.04 Å². The summed E-state index contributed by atoms with van der Waals surface area (Å²) >= 11 is 0. The summed E-state index contributed by atoms with van der Waals surface area (Å²) in [6, 6.07) is 9.15. The van der Waals surface area contributed by atoms with Gasteiger partial charge in [-0.3, -0.25) is 0 Å². The van der Waals surface area contributed by atoms with Gasteiger partial charge in [0.05, 0.1) is 0 Å². The molecule has 0 heterocycles. The Kier molecular flexibility index (Phi) is 3.30. The van der Waals surface area contributed by atoms with Gasteiger partial charge in [-0.2, -0.15) is 0 Å². The number of hydrogen-bond acceptors (Lipinski definition) is 1. The third-order valence-electron chi connectivity index (χ3n) is 2.09. The third-order valence-corrected chi connectivity index (χ3v) is 2.09. The normalized spacial score (nSPS) is 12.9. The standard InChI is InChI=1S/C11H17N/c1-4-12-10(3)11-7-5-9(2)6-8-11/h5-8,10,12H,4H2,1-3H3/t10-/m1/s1. The van der Waals surface area contributed by atoms with Gasteiger partial charge in [-0.15, -0.1) is 0 Å². The first-order valence-corrected chi connectivity index (χ1v) is 4.54. The van der Waals surface area contributed by atoms with Crippen molar-refractivity contribution < 1.29 is 0 Å². The summed E-state index contributed by atoms with van der Waals surface area (Å²) in [5.41, 5.74) is 2.69. The molecule has 0 unspecified atom stereocenters. The van der Waals surface area contributed by atoms with Crippen molar-refractivity contribution in [2.75, 3.05) is 6.54 Å². The zero-order valence-electron chi connectivity index (χ0n) is 8.09. The van der Waals surface area contributed by atoms with Crippen LogP contribution in [0.15, 0.2) is 24.3 Å². The Bertz CT molecular complexity index is 225. The van der Waals surface area contributed by atoms with E-state index in [9.17, 15) is 0 Å². The second kappa shape index (κ2) is 4.27. The molecule has 0 spiro atoms. The van der Waals surface area contributed by atoms with Crippen LogP contribution in [-0.2, 0) is 0 Å². The molecule has 1 atom stereocenters. The van der Waals surface area contributed by atoms with Crippen molar-refractivity contribution in [1.82, 2.24) is 5.32 Å². The van der Waals surface area contributed by atoms with E-state index >= 15 is 0 Å². The molecule has 1 rings (SSSR count). The van der Waals surface area contributed by atoms with Crippen LogP contribution in [0.2, 0.25) is 0 Å². The summed E-state index contributed by atoms with van der Waals surface area (Å²) in [6.07, 6.45) is 0. The number of benzene rings is 1. The van der Waals surface area contributed by atoms with Gasteiger partial charge in [0.2, 0.25) is 0 Å². The van der Waals surface area contributed by atoms with E-state index in [2.05, 4.69) is 50.4 Å². The Morgan fingerprint density at radius 3 is 2.33 bits per heavy atom. The maximum absolute atomic E-state index is 3.38. The highest BCUT2D eigenvalue weighted by atomic mass is 14.9. The lowest BCUT2D eigenvalue weighted by Crippen LogP contribution is -2.17. The molecule has 0 radical (unpaired) electrons. The van der Waals surface area contributed by atoms with Crippen molar-refractivity contribution in [2.24, 2.45) is 0 Å². The van der Waals surface area contributed by atoms with Crippen LogP contribution in [0.4, 0.5) is 0 Å². The first-order valence-electron chi connectivity index (χ1n) is 4.54. The number of aryl methyl sites for hydroxylation is 1. The van der Waals surface area contributed by atoms with Crippen molar-refractivity contribution in [3.05, 3.63) is 35.4 Å². The van der Waals surface area contributed by atoms with Gasteiger partial charge >= 0.3 is 0 Å². The average Bonchev–Trinajstić information content (AvgIpc) is 2.06. The van der Waals surface area contributed by atoms with Gasteiger partial charge < -0.3 is 5.32 Å². The number of rotatable bonds is 3. The maximum Gasteiger partial charge on any atom is 0.0291 e. The molecule has 1 heteroatoms. The Morgan fingerprint density at radius 2 is 1.83 bits per heavy atom. The van der Waals surface area contributed by atoms with E-state index in [1.807, 2.05) is 0 Å². The lowest BCUT2D eigenvalue weighted by molar-refractivity contribution is 0.598. The summed E-state index contributed by atoms with van der Waals surface area (Å²) in [5, 5.41) is 3.38. The van der Waals surface area contributed by atoms with E-state index in [0.717, 1.165) is 6.54 Å². The van der Waals surface area contributed by atoms with Gasteiger partial charge in [-0.25, -0.2) is 0 Å². The molecule has 12 heavy (non-hydrogen) atoms. The summed E-state index contributed by atoms with van der Waals surface area (Å²) in [7, 11) is 0. The molecule has 0 saturated heterocycles. The Balaban J connectivity index is 2.68. The van der Waals surface area contributed by atoms with Crippen LogP contribution in [0, 0.1) is 6.92 Å². The van der Waals surface area contributed by atoms with Crippen LogP contribution in [0.1, 0.15) is 31.0 Å². The molecule has 1 nitrogen and oxygen atoms in total. The Hall–Kier alpha value is -0.820. The molecule has 66 valence electrons. The van der Waals surface area contributed by atoms with Crippen molar-refractivity contribution in [3.8, 4) is 0 Å². The zero-order valence-corrected chi connectivity index (χ0v) is 8.09. The molecule has 0 aliphatic heterocycles. The third kappa shape index (κ3) is 2.35. The van der Waals surface area contributed by atoms with E-state index in [1.165, 1.54) is 11.1 Å². The zero-order chi connectivity index (χ0) is 8.97. The SMILES string of the molecule is CCN[C@H](C)c1ccc(C)cc1. The van der Waals surface area contributed by atoms with Crippen LogP contribution >= 0.6 is 0 Å². The smallest absolute Gasteiger partial charge is 0.0291 e. The fourth-order valence-electron chi connectivity index (χ4n) is 1.28. The van der Waals surface area contributed by atoms with Crippen LogP contribution in [-0.4, -0.2) is 6.54 Å². The summed E-state index contributed by atoms with van der Waals surface area (Å²) in [5.74, 6) is 0. The van der Waals surface area contributed by atoms with E-state index in [4.69, 9.17) is 0 Å². The Morgan fingerprint density at radius 1 is 1.25 bits per heavy atom. The molecule has 0 saturated carbocycles. The molecule has 1 aromatic carbocycles. The molecule has 0 aliphatic carbocycles. The predicted octanol–water partition coefficient (Wildman–Crippen LogP) is 2.67. The van der Waals surface area contributed by atoms with Crippen molar-refractivity contribution in [2.45, 2.75) is 26.8 Å². The molecule has 0 aliphatic rings. The van der Waals surface area contributed by atoms with E-state index < -0.39 is 0 Å². The van der Waals surface area contributed by atoms with Crippen LogP contribution in [0.3, 0.4) is 0 Å². The minimum Gasteiger partial charge on any atom is -0.310 e. The van der Waals surface area contributed by atoms with Gasteiger partial charge in [0.1, 0.15) is 0 Å². The molecular weight excluding hydrogens is 146 g/mol. The molecular formula is C11H17N.